The van der Waals surface area contributed by atoms with Crippen LogP contribution in [0.1, 0.15) is 24.5 Å². The van der Waals surface area contributed by atoms with Gasteiger partial charge in [0.05, 0.1) is 18.2 Å². The highest BCUT2D eigenvalue weighted by Crippen LogP contribution is 2.23. The van der Waals surface area contributed by atoms with Gasteiger partial charge in [-0.25, -0.2) is 0 Å². The Kier molecular flexibility index (Phi) is 5.90. The minimum Gasteiger partial charge on any atom is -0.465 e. The van der Waals surface area contributed by atoms with Gasteiger partial charge in [-0.3, -0.25) is 4.79 Å². The van der Waals surface area contributed by atoms with Gasteiger partial charge < -0.3 is 10.5 Å². The van der Waals surface area contributed by atoms with Gasteiger partial charge in [-0.2, -0.15) is 5.26 Å². The summed E-state index contributed by atoms with van der Waals surface area (Å²) in [5, 5.41) is 9.17. The largest absolute Gasteiger partial charge is 0.465 e. The zero-order valence-corrected chi connectivity index (χ0v) is 13.2. The molecule has 0 aliphatic heterocycles. The van der Waals surface area contributed by atoms with E-state index >= 15 is 0 Å². The number of ether oxygens (including phenoxy) is 1. The van der Waals surface area contributed by atoms with Crippen LogP contribution in [0.25, 0.3) is 11.1 Å². The predicted octanol–water partition coefficient (Wildman–Crippen LogP) is 3.05. The number of carbonyl (C=O) groups is 1. The summed E-state index contributed by atoms with van der Waals surface area (Å²) < 4.78 is 5.05. The number of nitrogens with two attached hydrogens (primary N) is 1. The molecule has 2 N–H and O–H groups in total. The molecule has 0 aromatic heterocycles. The number of hydrogen-bond donors (Lipinski definition) is 1. The van der Waals surface area contributed by atoms with Crippen LogP contribution in [-0.2, 0) is 16.0 Å². The van der Waals surface area contributed by atoms with Crippen molar-refractivity contribution in [2.45, 2.75) is 25.8 Å². The Bertz CT molecular complexity index is 702. The van der Waals surface area contributed by atoms with Crippen molar-refractivity contribution < 1.29 is 9.53 Å². The van der Waals surface area contributed by atoms with E-state index in [0.29, 0.717) is 18.6 Å². The molecular formula is C19H20N2O2. The van der Waals surface area contributed by atoms with Gasteiger partial charge in [0, 0.05) is 0 Å². The van der Waals surface area contributed by atoms with Crippen molar-refractivity contribution in [3.63, 3.8) is 0 Å². The number of benzene rings is 2. The van der Waals surface area contributed by atoms with Crippen LogP contribution in [0.3, 0.4) is 0 Å². The summed E-state index contributed by atoms with van der Waals surface area (Å²) in [6.45, 7) is 2.34. The molecule has 0 heterocycles. The molecule has 4 nitrogen and oxygen atoms in total. The van der Waals surface area contributed by atoms with Crippen molar-refractivity contribution in [1.29, 1.82) is 5.26 Å². The van der Waals surface area contributed by atoms with Crippen molar-refractivity contribution in [2.75, 3.05) is 6.61 Å². The van der Waals surface area contributed by atoms with Crippen LogP contribution in [-0.4, -0.2) is 18.6 Å². The van der Waals surface area contributed by atoms with Crippen LogP contribution >= 0.6 is 0 Å². The van der Waals surface area contributed by atoms with Crippen LogP contribution in [0.4, 0.5) is 0 Å². The first-order chi connectivity index (χ1) is 11.2. The standard InChI is InChI=1S/C19H20N2O2/c1-2-11-23-19(22)18(21)12-14-7-9-15(10-8-14)17-6-4-3-5-16(17)13-20/h3-10,18H,2,11-12,21H2,1H3/t18-/m0/s1. The lowest BCUT2D eigenvalue weighted by atomic mass is 9.98. The van der Waals surface area contributed by atoms with Crippen LogP contribution in [0.5, 0.6) is 0 Å². The minimum absolute atomic E-state index is 0.370. The minimum atomic E-state index is -0.654. The van der Waals surface area contributed by atoms with E-state index in [2.05, 4.69) is 6.07 Å². The van der Waals surface area contributed by atoms with Crippen molar-refractivity contribution in [2.24, 2.45) is 5.73 Å². The molecule has 23 heavy (non-hydrogen) atoms. The smallest absolute Gasteiger partial charge is 0.323 e. The summed E-state index contributed by atoms with van der Waals surface area (Å²) >= 11 is 0. The average molecular weight is 308 g/mol. The summed E-state index contributed by atoms with van der Waals surface area (Å²) in [4.78, 5) is 11.7. The second kappa shape index (κ2) is 8.11. The number of nitrogens with zero attached hydrogens (tertiary/aromatic N) is 1. The molecule has 2 rings (SSSR count). The third kappa shape index (κ3) is 4.41. The Labute approximate surface area is 136 Å². The molecule has 0 bridgehead atoms. The van der Waals surface area contributed by atoms with Gasteiger partial charge in [-0.15, -0.1) is 0 Å². The molecule has 0 saturated heterocycles. The highest BCUT2D eigenvalue weighted by atomic mass is 16.5. The topological polar surface area (TPSA) is 76.1 Å². The van der Waals surface area contributed by atoms with E-state index in [9.17, 15) is 4.79 Å². The van der Waals surface area contributed by atoms with Crippen molar-refractivity contribution in [3.05, 3.63) is 59.7 Å². The van der Waals surface area contributed by atoms with Crippen molar-refractivity contribution in [1.82, 2.24) is 0 Å². The Morgan fingerprint density at radius 2 is 1.91 bits per heavy atom. The van der Waals surface area contributed by atoms with Gasteiger partial charge in [0.2, 0.25) is 0 Å². The van der Waals surface area contributed by atoms with Crippen LogP contribution in [0.2, 0.25) is 0 Å². The molecule has 0 aliphatic carbocycles. The Morgan fingerprint density at radius 1 is 1.22 bits per heavy atom. The maximum Gasteiger partial charge on any atom is 0.323 e. The molecule has 2 aromatic carbocycles. The summed E-state index contributed by atoms with van der Waals surface area (Å²) in [7, 11) is 0. The molecule has 118 valence electrons. The fourth-order valence-electron chi connectivity index (χ4n) is 2.30. The van der Waals surface area contributed by atoms with Gasteiger partial charge >= 0.3 is 5.97 Å². The van der Waals surface area contributed by atoms with Crippen LogP contribution in [0, 0.1) is 11.3 Å². The maximum absolute atomic E-state index is 11.7. The first kappa shape index (κ1) is 16.7. The predicted molar refractivity (Wildman–Crippen MR) is 89.5 cm³/mol. The lowest BCUT2D eigenvalue weighted by Gasteiger charge is -2.12. The lowest BCUT2D eigenvalue weighted by molar-refractivity contribution is -0.145. The first-order valence-corrected chi connectivity index (χ1v) is 7.66. The second-order valence-electron chi connectivity index (χ2n) is 5.33. The normalized spacial score (nSPS) is 11.5. The SMILES string of the molecule is CCCOC(=O)[C@@H](N)Cc1ccc(-c2ccccc2C#N)cc1. The Hall–Kier alpha value is -2.64. The third-order valence-electron chi connectivity index (χ3n) is 3.52. The lowest BCUT2D eigenvalue weighted by Crippen LogP contribution is -2.34. The van der Waals surface area contributed by atoms with E-state index in [0.717, 1.165) is 23.1 Å². The van der Waals surface area contributed by atoms with E-state index in [1.54, 1.807) is 6.07 Å². The fourth-order valence-corrected chi connectivity index (χ4v) is 2.30. The van der Waals surface area contributed by atoms with Crippen molar-refractivity contribution in [3.8, 4) is 17.2 Å². The van der Waals surface area contributed by atoms with Gasteiger partial charge in [0.15, 0.2) is 0 Å². The summed E-state index contributed by atoms with van der Waals surface area (Å²) in [5.41, 5.74) is 9.33. The number of esters is 1. The quantitative estimate of drug-likeness (QED) is 0.832. The summed E-state index contributed by atoms with van der Waals surface area (Å²) in [6.07, 6.45) is 1.22. The van der Waals surface area contributed by atoms with Gasteiger partial charge in [0.1, 0.15) is 6.04 Å². The van der Waals surface area contributed by atoms with E-state index in [1.165, 1.54) is 0 Å². The van der Waals surface area contributed by atoms with Gasteiger partial charge in [-0.1, -0.05) is 49.4 Å². The molecule has 0 saturated carbocycles. The molecule has 0 unspecified atom stereocenters. The number of nitriles is 1. The highest BCUT2D eigenvalue weighted by Gasteiger charge is 2.15. The van der Waals surface area contributed by atoms with Crippen LogP contribution in [0.15, 0.2) is 48.5 Å². The maximum atomic E-state index is 11.7. The zero-order valence-electron chi connectivity index (χ0n) is 13.2. The summed E-state index contributed by atoms with van der Waals surface area (Å²) in [6, 6.07) is 16.7. The third-order valence-corrected chi connectivity index (χ3v) is 3.52. The summed E-state index contributed by atoms with van der Waals surface area (Å²) in [5.74, 6) is -0.370. The molecule has 1 atom stereocenters. The number of hydrogen-bond acceptors (Lipinski definition) is 4. The fraction of sp³-hybridized carbons (Fsp3) is 0.263. The first-order valence-electron chi connectivity index (χ1n) is 7.66. The molecule has 0 radical (unpaired) electrons. The molecular weight excluding hydrogens is 288 g/mol. The number of carbonyl (C=O) groups excluding carboxylic acids is 1. The molecule has 0 aliphatic rings. The highest BCUT2D eigenvalue weighted by molar-refractivity contribution is 5.76. The molecule has 0 fully saturated rings. The van der Waals surface area contributed by atoms with E-state index in [4.69, 9.17) is 15.7 Å². The van der Waals surface area contributed by atoms with E-state index in [-0.39, 0.29) is 5.97 Å². The molecule has 0 amide bonds. The molecule has 2 aromatic rings. The molecule has 0 spiro atoms. The van der Waals surface area contributed by atoms with Crippen molar-refractivity contribution >= 4 is 5.97 Å². The Morgan fingerprint density at radius 3 is 2.57 bits per heavy atom. The average Bonchev–Trinajstić information content (AvgIpc) is 2.60. The molecule has 4 heteroatoms. The van der Waals surface area contributed by atoms with Crippen LogP contribution < -0.4 is 5.73 Å². The van der Waals surface area contributed by atoms with E-state index in [1.807, 2.05) is 49.4 Å². The van der Waals surface area contributed by atoms with Gasteiger partial charge in [-0.05, 0) is 35.6 Å². The number of rotatable bonds is 6. The Balaban J connectivity index is 2.08. The second-order valence-corrected chi connectivity index (χ2v) is 5.33. The monoisotopic (exact) mass is 308 g/mol. The van der Waals surface area contributed by atoms with E-state index < -0.39 is 6.04 Å². The zero-order chi connectivity index (χ0) is 16.7. The van der Waals surface area contributed by atoms with Gasteiger partial charge in [0.25, 0.3) is 0 Å².